The SMILES string of the molecule is CCc1cc2c(=O)n(CC(=O)c3ccc(-c4ccccc4)cc3)c(=S)[nH]c2s1. The molecule has 28 heavy (non-hydrogen) atoms. The van der Waals surface area contributed by atoms with Crippen LogP contribution in [0.25, 0.3) is 21.3 Å². The Kier molecular flexibility index (Phi) is 5.07. The van der Waals surface area contributed by atoms with Crippen molar-refractivity contribution >= 4 is 39.6 Å². The average molecular weight is 407 g/mol. The number of nitrogens with zero attached hydrogens (tertiary/aromatic N) is 1. The van der Waals surface area contributed by atoms with E-state index in [0.29, 0.717) is 10.9 Å². The number of aromatic amines is 1. The second-order valence-electron chi connectivity index (χ2n) is 6.50. The van der Waals surface area contributed by atoms with E-state index in [1.165, 1.54) is 15.9 Å². The number of ketones is 1. The zero-order valence-corrected chi connectivity index (χ0v) is 16.9. The van der Waals surface area contributed by atoms with E-state index in [-0.39, 0.29) is 22.7 Å². The first-order valence-corrected chi connectivity index (χ1v) is 10.2. The van der Waals surface area contributed by atoms with Crippen molar-refractivity contribution in [3.05, 3.63) is 86.2 Å². The molecule has 0 bridgehead atoms. The van der Waals surface area contributed by atoms with Crippen LogP contribution < -0.4 is 5.56 Å². The van der Waals surface area contributed by atoms with Crippen LogP contribution in [0, 0.1) is 4.77 Å². The Hall–Kier alpha value is -2.83. The van der Waals surface area contributed by atoms with E-state index in [2.05, 4.69) is 4.98 Å². The van der Waals surface area contributed by atoms with E-state index < -0.39 is 0 Å². The summed E-state index contributed by atoms with van der Waals surface area (Å²) >= 11 is 6.86. The molecule has 2 aromatic heterocycles. The fourth-order valence-electron chi connectivity index (χ4n) is 3.13. The summed E-state index contributed by atoms with van der Waals surface area (Å²) in [6.45, 7) is 1.96. The quantitative estimate of drug-likeness (QED) is 0.365. The van der Waals surface area contributed by atoms with Crippen molar-refractivity contribution in [2.75, 3.05) is 0 Å². The van der Waals surface area contributed by atoms with E-state index in [4.69, 9.17) is 12.2 Å². The molecule has 2 heterocycles. The van der Waals surface area contributed by atoms with Gasteiger partial charge in [0.25, 0.3) is 5.56 Å². The molecule has 0 saturated carbocycles. The number of hydrogen-bond donors (Lipinski definition) is 1. The highest BCUT2D eigenvalue weighted by Crippen LogP contribution is 2.22. The summed E-state index contributed by atoms with van der Waals surface area (Å²) in [7, 11) is 0. The van der Waals surface area contributed by atoms with Crippen LogP contribution in [0.15, 0.2) is 65.5 Å². The van der Waals surface area contributed by atoms with Gasteiger partial charge in [-0.3, -0.25) is 14.2 Å². The maximum Gasteiger partial charge on any atom is 0.263 e. The van der Waals surface area contributed by atoms with E-state index in [0.717, 1.165) is 27.3 Å². The van der Waals surface area contributed by atoms with Gasteiger partial charge < -0.3 is 4.98 Å². The highest BCUT2D eigenvalue weighted by Gasteiger charge is 2.13. The molecule has 0 spiro atoms. The maximum absolute atomic E-state index is 12.8. The van der Waals surface area contributed by atoms with Crippen LogP contribution in [0.5, 0.6) is 0 Å². The minimum absolute atomic E-state index is 0.0773. The Bertz CT molecular complexity index is 1270. The van der Waals surface area contributed by atoms with Crippen molar-refractivity contribution in [3.8, 4) is 11.1 Å². The Balaban J connectivity index is 1.63. The highest BCUT2D eigenvalue weighted by molar-refractivity contribution is 7.71. The molecule has 0 saturated heterocycles. The third-order valence-corrected chi connectivity index (χ3v) is 6.21. The fraction of sp³-hybridized carbons (Fsp3) is 0.136. The molecule has 0 amide bonds. The molecule has 4 aromatic rings. The van der Waals surface area contributed by atoms with Gasteiger partial charge in [0.15, 0.2) is 10.6 Å². The van der Waals surface area contributed by atoms with Crippen molar-refractivity contribution in [1.82, 2.24) is 9.55 Å². The molecular weight excluding hydrogens is 388 g/mol. The Labute approximate surface area is 171 Å². The van der Waals surface area contributed by atoms with Crippen LogP contribution in [0.4, 0.5) is 0 Å². The fourth-order valence-corrected chi connectivity index (χ4v) is 4.43. The summed E-state index contributed by atoms with van der Waals surface area (Å²) in [6, 6.07) is 19.3. The van der Waals surface area contributed by atoms with Gasteiger partial charge in [-0.05, 0) is 35.8 Å². The van der Waals surface area contributed by atoms with Crippen molar-refractivity contribution in [3.63, 3.8) is 0 Å². The lowest BCUT2D eigenvalue weighted by Crippen LogP contribution is -2.25. The first kappa shape index (κ1) is 18.5. The Morgan fingerprint density at radius 1 is 1.07 bits per heavy atom. The first-order chi connectivity index (χ1) is 13.6. The highest BCUT2D eigenvalue weighted by atomic mass is 32.1. The third kappa shape index (κ3) is 3.48. The molecule has 6 heteroatoms. The van der Waals surface area contributed by atoms with Gasteiger partial charge in [0.2, 0.25) is 0 Å². The predicted octanol–water partition coefficient (Wildman–Crippen LogP) is 5.23. The van der Waals surface area contributed by atoms with Crippen molar-refractivity contribution < 1.29 is 4.79 Å². The van der Waals surface area contributed by atoms with Gasteiger partial charge >= 0.3 is 0 Å². The number of fused-ring (bicyclic) bond motifs is 1. The molecule has 0 unspecified atom stereocenters. The molecule has 0 aliphatic rings. The molecule has 0 aliphatic carbocycles. The number of Topliss-reactive ketones (excluding diaryl/α,β-unsaturated/α-hetero) is 1. The molecular formula is C22H18N2O2S2. The van der Waals surface area contributed by atoms with E-state index >= 15 is 0 Å². The maximum atomic E-state index is 12.8. The summed E-state index contributed by atoms with van der Waals surface area (Å²) < 4.78 is 1.62. The minimum Gasteiger partial charge on any atom is -0.323 e. The summed E-state index contributed by atoms with van der Waals surface area (Å²) in [6.07, 6.45) is 0.853. The van der Waals surface area contributed by atoms with Gasteiger partial charge in [-0.1, -0.05) is 61.5 Å². The molecule has 140 valence electrons. The normalized spacial score (nSPS) is 11.0. The molecule has 4 nitrogen and oxygen atoms in total. The van der Waals surface area contributed by atoms with Crippen LogP contribution >= 0.6 is 23.6 Å². The van der Waals surface area contributed by atoms with E-state index in [1.807, 2.05) is 55.5 Å². The van der Waals surface area contributed by atoms with Gasteiger partial charge in [-0.15, -0.1) is 11.3 Å². The molecule has 1 N–H and O–H groups in total. The second kappa shape index (κ2) is 7.66. The minimum atomic E-state index is -0.219. The van der Waals surface area contributed by atoms with Gasteiger partial charge in [0.1, 0.15) is 4.83 Å². The average Bonchev–Trinajstić information content (AvgIpc) is 3.15. The lowest BCUT2D eigenvalue weighted by Gasteiger charge is -2.07. The molecule has 4 rings (SSSR count). The predicted molar refractivity (Wildman–Crippen MR) is 117 cm³/mol. The van der Waals surface area contributed by atoms with Crippen molar-refractivity contribution in [2.24, 2.45) is 0 Å². The van der Waals surface area contributed by atoms with Gasteiger partial charge in [0, 0.05) is 10.4 Å². The number of hydrogen-bond acceptors (Lipinski definition) is 4. The number of carbonyl (C=O) groups excluding carboxylic acids is 1. The van der Waals surface area contributed by atoms with Crippen LogP contribution in [0.2, 0.25) is 0 Å². The lowest BCUT2D eigenvalue weighted by atomic mass is 10.0. The largest absolute Gasteiger partial charge is 0.323 e. The summed E-state index contributed by atoms with van der Waals surface area (Å²) in [5.74, 6) is -0.147. The van der Waals surface area contributed by atoms with Crippen LogP contribution in [-0.2, 0) is 13.0 Å². The first-order valence-electron chi connectivity index (χ1n) is 9.01. The topological polar surface area (TPSA) is 54.9 Å². The second-order valence-corrected chi connectivity index (χ2v) is 8.02. The number of thiophene rings is 1. The number of H-pyrrole nitrogens is 1. The van der Waals surface area contributed by atoms with Crippen LogP contribution in [0.1, 0.15) is 22.2 Å². The third-order valence-electron chi connectivity index (χ3n) is 4.69. The molecule has 0 atom stereocenters. The van der Waals surface area contributed by atoms with Crippen LogP contribution in [-0.4, -0.2) is 15.3 Å². The summed E-state index contributed by atoms with van der Waals surface area (Å²) in [5.41, 5.74) is 2.47. The number of aromatic nitrogens is 2. The molecule has 0 aliphatic heterocycles. The smallest absolute Gasteiger partial charge is 0.263 e. The monoisotopic (exact) mass is 406 g/mol. The standard InChI is InChI=1S/C22H18N2O2S2/c1-2-17-12-18-20(28-17)23-22(27)24(21(18)26)13-19(25)16-10-8-15(9-11-16)14-6-4-3-5-7-14/h3-12H,2,13H2,1H3,(H,23,27). The van der Waals surface area contributed by atoms with Gasteiger partial charge in [-0.2, -0.15) is 0 Å². The number of carbonyl (C=O) groups is 1. The lowest BCUT2D eigenvalue weighted by molar-refractivity contribution is 0.0970. The molecule has 0 fully saturated rings. The Morgan fingerprint density at radius 2 is 1.75 bits per heavy atom. The number of nitrogens with one attached hydrogen (secondary N) is 1. The van der Waals surface area contributed by atoms with E-state index in [1.54, 1.807) is 12.1 Å². The number of rotatable bonds is 5. The van der Waals surface area contributed by atoms with Gasteiger partial charge in [-0.25, -0.2) is 0 Å². The van der Waals surface area contributed by atoms with Gasteiger partial charge in [0.05, 0.1) is 11.9 Å². The zero-order valence-electron chi connectivity index (χ0n) is 15.3. The van der Waals surface area contributed by atoms with Crippen LogP contribution in [0.3, 0.4) is 0 Å². The number of aryl methyl sites for hydroxylation is 1. The van der Waals surface area contributed by atoms with Crippen molar-refractivity contribution in [2.45, 2.75) is 19.9 Å². The van der Waals surface area contributed by atoms with E-state index in [9.17, 15) is 9.59 Å². The molecule has 0 radical (unpaired) electrons. The van der Waals surface area contributed by atoms with Crippen molar-refractivity contribution in [1.29, 1.82) is 0 Å². The zero-order chi connectivity index (χ0) is 19.7. The molecule has 2 aromatic carbocycles. The summed E-state index contributed by atoms with van der Waals surface area (Å²) in [5, 5.41) is 0.586. The summed E-state index contributed by atoms with van der Waals surface area (Å²) in [4.78, 5) is 30.5. The number of benzene rings is 2. The Morgan fingerprint density at radius 3 is 2.43 bits per heavy atom.